The highest BCUT2D eigenvalue weighted by atomic mass is 32.1. The molecular formula is C19H29N5S. The number of hydrogen-bond acceptors (Lipinski definition) is 6. The fourth-order valence-corrected chi connectivity index (χ4v) is 5.62. The number of thiophene rings is 1. The van der Waals surface area contributed by atoms with Gasteiger partial charge < -0.3 is 11.1 Å². The molecule has 3 N–H and O–H groups in total. The lowest BCUT2D eigenvalue weighted by atomic mass is 9.97. The molecule has 6 heteroatoms. The summed E-state index contributed by atoms with van der Waals surface area (Å²) in [6.07, 6.45) is 8.46. The van der Waals surface area contributed by atoms with E-state index in [0.717, 1.165) is 55.1 Å². The van der Waals surface area contributed by atoms with E-state index in [9.17, 15) is 0 Å². The van der Waals surface area contributed by atoms with Crippen LogP contribution in [-0.2, 0) is 19.4 Å². The Morgan fingerprint density at radius 2 is 2.00 bits per heavy atom. The molecule has 2 aromatic heterocycles. The number of rotatable bonds is 5. The Morgan fingerprint density at radius 1 is 1.20 bits per heavy atom. The molecule has 0 amide bonds. The Morgan fingerprint density at radius 3 is 2.80 bits per heavy atom. The fraction of sp³-hybridized carbons (Fsp3) is 0.684. The van der Waals surface area contributed by atoms with Gasteiger partial charge in [0.25, 0.3) is 0 Å². The lowest BCUT2D eigenvalue weighted by Crippen LogP contribution is -2.43. The van der Waals surface area contributed by atoms with Crippen molar-refractivity contribution in [3.8, 4) is 0 Å². The molecule has 0 bridgehead atoms. The molecule has 0 unspecified atom stereocenters. The van der Waals surface area contributed by atoms with Gasteiger partial charge in [-0.1, -0.05) is 6.92 Å². The number of nitrogens with zero attached hydrogens (tertiary/aromatic N) is 3. The second-order valence-corrected chi connectivity index (χ2v) is 8.45. The van der Waals surface area contributed by atoms with Crippen LogP contribution in [0.4, 0.5) is 5.82 Å². The molecule has 0 spiro atoms. The molecule has 1 saturated heterocycles. The molecule has 0 aromatic carbocycles. The van der Waals surface area contributed by atoms with E-state index in [1.807, 2.05) is 11.3 Å². The molecule has 3 heterocycles. The molecule has 4 rings (SSSR count). The average Bonchev–Trinajstić information content (AvgIpc) is 3.01. The summed E-state index contributed by atoms with van der Waals surface area (Å²) in [5.41, 5.74) is 7.81. The second kappa shape index (κ2) is 7.56. The van der Waals surface area contributed by atoms with Crippen LogP contribution >= 0.6 is 11.3 Å². The van der Waals surface area contributed by atoms with Crippen LogP contribution in [0.5, 0.6) is 0 Å². The van der Waals surface area contributed by atoms with Gasteiger partial charge in [-0.2, -0.15) is 0 Å². The third-order valence-electron chi connectivity index (χ3n) is 5.57. The molecule has 1 aliphatic heterocycles. The first-order valence-electron chi connectivity index (χ1n) is 9.77. The van der Waals surface area contributed by atoms with Gasteiger partial charge in [0.1, 0.15) is 16.5 Å². The number of piperidine rings is 1. The maximum Gasteiger partial charge on any atom is 0.146 e. The van der Waals surface area contributed by atoms with Crippen molar-refractivity contribution < 1.29 is 0 Å². The number of aryl methyl sites for hydroxylation is 2. The van der Waals surface area contributed by atoms with Crippen molar-refractivity contribution >= 4 is 27.4 Å². The van der Waals surface area contributed by atoms with E-state index in [-0.39, 0.29) is 0 Å². The average molecular weight is 360 g/mol. The van der Waals surface area contributed by atoms with Crippen molar-refractivity contribution in [3.63, 3.8) is 0 Å². The topological polar surface area (TPSA) is 67.1 Å². The van der Waals surface area contributed by atoms with E-state index in [1.165, 1.54) is 42.5 Å². The van der Waals surface area contributed by atoms with Crippen LogP contribution in [0.15, 0.2) is 0 Å². The molecule has 0 atom stereocenters. The van der Waals surface area contributed by atoms with Crippen LogP contribution in [0, 0.1) is 0 Å². The fourth-order valence-electron chi connectivity index (χ4n) is 4.33. The second-order valence-electron chi connectivity index (χ2n) is 7.37. The van der Waals surface area contributed by atoms with Crippen LogP contribution in [0.2, 0.25) is 0 Å². The summed E-state index contributed by atoms with van der Waals surface area (Å²) in [5, 5.41) is 4.61. The summed E-state index contributed by atoms with van der Waals surface area (Å²) in [7, 11) is 0. The monoisotopic (exact) mass is 359 g/mol. The van der Waals surface area contributed by atoms with E-state index in [4.69, 9.17) is 15.7 Å². The van der Waals surface area contributed by atoms with E-state index in [2.05, 4.69) is 17.1 Å². The van der Waals surface area contributed by atoms with E-state index in [1.54, 1.807) is 0 Å². The lowest BCUT2D eigenvalue weighted by molar-refractivity contribution is 0.151. The highest BCUT2D eigenvalue weighted by molar-refractivity contribution is 7.19. The highest BCUT2D eigenvalue weighted by Gasteiger charge is 2.23. The highest BCUT2D eigenvalue weighted by Crippen LogP contribution is 2.37. The van der Waals surface area contributed by atoms with Gasteiger partial charge in [-0.05, 0) is 70.1 Å². The number of hydrogen-bond donors (Lipinski definition) is 2. The van der Waals surface area contributed by atoms with Crippen LogP contribution in [0.25, 0.3) is 10.2 Å². The minimum absolute atomic E-state index is 0.637. The van der Waals surface area contributed by atoms with Crippen LogP contribution in [0.3, 0.4) is 0 Å². The molecule has 0 saturated carbocycles. The van der Waals surface area contributed by atoms with Gasteiger partial charge in [-0.15, -0.1) is 11.3 Å². The van der Waals surface area contributed by atoms with Crippen LogP contribution in [0.1, 0.15) is 55.3 Å². The zero-order valence-electron chi connectivity index (χ0n) is 15.2. The Bertz CT molecular complexity index is 735. The van der Waals surface area contributed by atoms with Gasteiger partial charge in [0.2, 0.25) is 0 Å². The van der Waals surface area contributed by atoms with Gasteiger partial charge in [0, 0.05) is 10.9 Å². The summed E-state index contributed by atoms with van der Waals surface area (Å²) in [4.78, 5) is 14.8. The van der Waals surface area contributed by atoms with Crippen molar-refractivity contribution in [1.29, 1.82) is 0 Å². The van der Waals surface area contributed by atoms with Crippen molar-refractivity contribution in [2.24, 2.45) is 0 Å². The number of aromatic nitrogens is 2. The lowest BCUT2D eigenvalue weighted by Gasteiger charge is -2.34. The van der Waals surface area contributed by atoms with Crippen LogP contribution in [-0.4, -0.2) is 40.5 Å². The quantitative estimate of drug-likeness (QED) is 0.858. The Kier molecular flexibility index (Phi) is 5.20. The summed E-state index contributed by atoms with van der Waals surface area (Å²) in [6, 6.07) is 0.637. The first-order chi connectivity index (χ1) is 12.3. The predicted octanol–water partition coefficient (Wildman–Crippen LogP) is 3.12. The Balaban J connectivity index is 1.61. The summed E-state index contributed by atoms with van der Waals surface area (Å²) >= 11 is 1.84. The van der Waals surface area contributed by atoms with Gasteiger partial charge >= 0.3 is 0 Å². The first-order valence-corrected chi connectivity index (χ1v) is 10.6. The maximum atomic E-state index is 6.38. The normalized spacial score (nSPS) is 18.8. The third-order valence-corrected chi connectivity index (χ3v) is 6.76. The molecule has 5 nitrogen and oxygen atoms in total. The van der Waals surface area contributed by atoms with Crippen LogP contribution < -0.4 is 11.1 Å². The molecule has 2 aromatic rings. The SMILES string of the molecule is CCCN(Cc1nc(N)c2c3c(sc2n1)CCCC3)C1CCNCC1. The Labute approximate surface area is 154 Å². The minimum atomic E-state index is 0.637. The predicted molar refractivity (Wildman–Crippen MR) is 105 cm³/mol. The third kappa shape index (κ3) is 3.52. The largest absolute Gasteiger partial charge is 0.383 e. The molecular weight excluding hydrogens is 330 g/mol. The molecule has 0 radical (unpaired) electrons. The smallest absolute Gasteiger partial charge is 0.146 e. The number of nitrogens with one attached hydrogen (secondary N) is 1. The van der Waals surface area contributed by atoms with E-state index in [0.29, 0.717) is 11.9 Å². The minimum Gasteiger partial charge on any atom is -0.383 e. The molecule has 25 heavy (non-hydrogen) atoms. The maximum absolute atomic E-state index is 6.38. The number of anilines is 1. The van der Waals surface area contributed by atoms with Crippen molar-refractivity contribution in [2.75, 3.05) is 25.4 Å². The van der Waals surface area contributed by atoms with E-state index < -0.39 is 0 Å². The van der Waals surface area contributed by atoms with E-state index >= 15 is 0 Å². The standard InChI is InChI=1S/C19H29N5S/c1-2-11-24(13-7-9-21-10-8-13)12-16-22-18(20)17-14-5-3-4-6-15(14)25-19(17)23-16/h13,21H,2-12H2,1H3,(H2,20,22,23). The summed E-state index contributed by atoms with van der Waals surface area (Å²) in [5.74, 6) is 1.59. The van der Waals surface area contributed by atoms with Gasteiger partial charge in [0.15, 0.2) is 0 Å². The van der Waals surface area contributed by atoms with Crippen molar-refractivity contribution in [3.05, 3.63) is 16.3 Å². The number of nitrogen functional groups attached to an aromatic ring is 1. The van der Waals surface area contributed by atoms with Gasteiger partial charge in [0.05, 0.1) is 11.9 Å². The van der Waals surface area contributed by atoms with Gasteiger partial charge in [-0.25, -0.2) is 9.97 Å². The van der Waals surface area contributed by atoms with Crippen molar-refractivity contribution in [1.82, 2.24) is 20.2 Å². The molecule has 1 aliphatic carbocycles. The zero-order valence-corrected chi connectivity index (χ0v) is 16.0. The summed E-state index contributed by atoms with van der Waals surface area (Å²) < 4.78 is 0. The number of fused-ring (bicyclic) bond motifs is 3. The zero-order chi connectivity index (χ0) is 17.2. The molecule has 136 valence electrons. The molecule has 2 aliphatic rings. The molecule has 1 fully saturated rings. The Hall–Kier alpha value is -1.24. The first kappa shape index (κ1) is 17.2. The van der Waals surface area contributed by atoms with Gasteiger partial charge in [-0.3, -0.25) is 4.90 Å². The summed E-state index contributed by atoms with van der Waals surface area (Å²) in [6.45, 7) is 6.41. The van der Waals surface area contributed by atoms with Crippen molar-refractivity contribution in [2.45, 2.75) is 64.5 Å². The number of nitrogens with two attached hydrogens (primary N) is 1.